The van der Waals surface area contributed by atoms with E-state index in [2.05, 4.69) is 21.2 Å². The summed E-state index contributed by atoms with van der Waals surface area (Å²) in [5.41, 5.74) is 1.25. The summed E-state index contributed by atoms with van der Waals surface area (Å²) in [5, 5.41) is 2.71. The van der Waals surface area contributed by atoms with Crippen LogP contribution >= 0.6 is 15.9 Å². The third-order valence-corrected chi connectivity index (χ3v) is 5.21. The van der Waals surface area contributed by atoms with Crippen LogP contribution in [0.5, 0.6) is 5.75 Å². The molecule has 1 atom stereocenters. The van der Waals surface area contributed by atoms with Gasteiger partial charge in [-0.05, 0) is 39.7 Å². The average Bonchev–Trinajstić information content (AvgIpc) is 2.74. The summed E-state index contributed by atoms with van der Waals surface area (Å²) in [4.78, 5) is 39.1. The second kappa shape index (κ2) is 9.56. The summed E-state index contributed by atoms with van der Waals surface area (Å²) in [6.45, 7) is 0.760. The number of halogens is 1. The number of esters is 1. The lowest BCUT2D eigenvalue weighted by atomic mass is 10.1. The van der Waals surface area contributed by atoms with Crippen LogP contribution in [0.3, 0.4) is 0 Å². The van der Waals surface area contributed by atoms with Crippen molar-refractivity contribution in [2.24, 2.45) is 0 Å². The fraction of sp³-hybridized carbons (Fsp3) is 0.286. The number of nitrogens with zero attached hydrogens (tertiary/aromatic N) is 1. The van der Waals surface area contributed by atoms with Crippen molar-refractivity contribution in [1.82, 2.24) is 10.2 Å². The van der Waals surface area contributed by atoms with Crippen molar-refractivity contribution in [3.8, 4) is 5.75 Å². The van der Waals surface area contributed by atoms with E-state index in [1.165, 1.54) is 12.0 Å². The number of carbonyl (C=O) groups is 3. The summed E-state index contributed by atoms with van der Waals surface area (Å²) in [6.07, 6.45) is -0.207. The van der Waals surface area contributed by atoms with Gasteiger partial charge < -0.3 is 19.7 Å². The van der Waals surface area contributed by atoms with Crippen molar-refractivity contribution in [2.75, 3.05) is 20.2 Å². The maximum Gasteiger partial charge on any atom is 0.308 e. The Morgan fingerprint density at radius 3 is 2.66 bits per heavy atom. The summed E-state index contributed by atoms with van der Waals surface area (Å²) in [6, 6.07) is 13.3. The van der Waals surface area contributed by atoms with Gasteiger partial charge in [0.25, 0.3) is 5.91 Å². The maximum atomic E-state index is 13.0. The zero-order valence-corrected chi connectivity index (χ0v) is 17.5. The minimum absolute atomic E-state index is 0.118. The number of carbonyl (C=O) groups excluding carboxylic acids is 3. The van der Waals surface area contributed by atoms with Crippen LogP contribution < -0.4 is 10.1 Å². The molecule has 29 heavy (non-hydrogen) atoms. The largest absolute Gasteiger partial charge is 0.496 e. The van der Waals surface area contributed by atoms with Gasteiger partial charge in [0.2, 0.25) is 5.91 Å². The Morgan fingerprint density at radius 2 is 1.97 bits per heavy atom. The molecule has 0 bridgehead atoms. The molecule has 7 nitrogen and oxygen atoms in total. The van der Waals surface area contributed by atoms with Crippen LogP contribution in [0.25, 0.3) is 0 Å². The first-order chi connectivity index (χ1) is 14.0. The van der Waals surface area contributed by atoms with E-state index in [4.69, 9.17) is 9.47 Å². The zero-order chi connectivity index (χ0) is 20.8. The second-order valence-corrected chi connectivity index (χ2v) is 7.36. The number of hydrogen-bond acceptors (Lipinski definition) is 5. The van der Waals surface area contributed by atoms with E-state index in [1.54, 1.807) is 18.2 Å². The van der Waals surface area contributed by atoms with E-state index in [9.17, 15) is 14.4 Å². The highest BCUT2D eigenvalue weighted by Crippen LogP contribution is 2.26. The molecule has 1 aliphatic heterocycles. The van der Waals surface area contributed by atoms with E-state index < -0.39 is 12.0 Å². The van der Waals surface area contributed by atoms with Gasteiger partial charge in [0.15, 0.2) is 0 Å². The minimum Gasteiger partial charge on any atom is -0.496 e. The minimum atomic E-state index is -0.916. The van der Waals surface area contributed by atoms with Gasteiger partial charge in [0.1, 0.15) is 18.4 Å². The molecule has 2 aromatic rings. The molecule has 0 radical (unpaired) electrons. The Kier molecular flexibility index (Phi) is 6.87. The molecule has 2 amide bonds. The lowest BCUT2D eigenvalue weighted by molar-refractivity contribution is -0.148. The predicted molar refractivity (Wildman–Crippen MR) is 109 cm³/mol. The lowest BCUT2D eigenvalue weighted by Gasteiger charge is -2.34. The zero-order valence-electron chi connectivity index (χ0n) is 15.9. The number of benzene rings is 2. The predicted octanol–water partition coefficient (Wildman–Crippen LogP) is 2.53. The lowest BCUT2D eigenvalue weighted by Crippen LogP contribution is -2.57. The van der Waals surface area contributed by atoms with E-state index in [0.29, 0.717) is 28.9 Å². The molecule has 0 saturated carbocycles. The fourth-order valence-electron chi connectivity index (χ4n) is 3.08. The topological polar surface area (TPSA) is 84.9 Å². The summed E-state index contributed by atoms with van der Waals surface area (Å²) in [7, 11) is 1.54. The Labute approximate surface area is 177 Å². The van der Waals surface area contributed by atoms with Crippen molar-refractivity contribution in [3.63, 3.8) is 0 Å². The van der Waals surface area contributed by atoms with E-state index in [-0.39, 0.29) is 24.8 Å². The van der Waals surface area contributed by atoms with Crippen LogP contribution in [0.2, 0.25) is 0 Å². The van der Waals surface area contributed by atoms with E-state index >= 15 is 0 Å². The molecule has 1 saturated heterocycles. The van der Waals surface area contributed by atoms with Crippen LogP contribution in [0.1, 0.15) is 22.3 Å². The van der Waals surface area contributed by atoms with Crippen molar-refractivity contribution in [2.45, 2.75) is 19.1 Å². The van der Waals surface area contributed by atoms with Crippen LogP contribution in [-0.2, 0) is 20.9 Å². The highest BCUT2D eigenvalue weighted by molar-refractivity contribution is 9.10. The molecule has 8 heteroatoms. The van der Waals surface area contributed by atoms with Crippen molar-refractivity contribution < 1.29 is 23.9 Å². The third kappa shape index (κ3) is 5.14. The SMILES string of the molecule is COc1ccc(C(=O)N2CCNC(=O)C2CC(=O)OCc2ccccc2)cc1Br. The molecule has 0 aliphatic carbocycles. The average molecular weight is 461 g/mol. The Morgan fingerprint density at radius 1 is 1.21 bits per heavy atom. The van der Waals surface area contributed by atoms with Crippen LogP contribution in [0.4, 0.5) is 0 Å². The summed E-state index contributed by atoms with van der Waals surface area (Å²) in [5.74, 6) is -0.638. The molecule has 3 rings (SSSR count). The second-order valence-electron chi connectivity index (χ2n) is 6.51. The van der Waals surface area contributed by atoms with Gasteiger partial charge in [-0.25, -0.2) is 0 Å². The Bertz CT molecular complexity index is 903. The molecule has 0 aromatic heterocycles. The standard InChI is InChI=1S/C21H21BrN2O5/c1-28-18-8-7-15(11-16(18)22)21(27)24-10-9-23-20(26)17(24)12-19(25)29-13-14-5-3-2-4-6-14/h2-8,11,17H,9-10,12-13H2,1H3,(H,23,26). The first-order valence-electron chi connectivity index (χ1n) is 9.11. The number of rotatable bonds is 6. The summed E-state index contributed by atoms with van der Waals surface area (Å²) >= 11 is 3.36. The normalized spacial score (nSPS) is 16.1. The van der Waals surface area contributed by atoms with Gasteiger partial charge in [-0.2, -0.15) is 0 Å². The van der Waals surface area contributed by atoms with E-state index in [0.717, 1.165) is 5.56 Å². The number of nitrogens with one attached hydrogen (secondary N) is 1. The maximum absolute atomic E-state index is 13.0. The Hall–Kier alpha value is -2.87. The van der Waals surface area contributed by atoms with Gasteiger partial charge >= 0.3 is 5.97 Å². The highest BCUT2D eigenvalue weighted by atomic mass is 79.9. The fourth-order valence-corrected chi connectivity index (χ4v) is 3.62. The van der Waals surface area contributed by atoms with Gasteiger partial charge in [0, 0.05) is 18.7 Å². The van der Waals surface area contributed by atoms with Gasteiger partial charge in [-0.3, -0.25) is 14.4 Å². The number of methoxy groups -OCH3 is 1. The first-order valence-corrected chi connectivity index (χ1v) is 9.90. The summed E-state index contributed by atoms with van der Waals surface area (Å²) < 4.78 is 11.1. The number of hydrogen-bond donors (Lipinski definition) is 1. The van der Waals surface area contributed by atoms with Gasteiger partial charge in [-0.15, -0.1) is 0 Å². The molecule has 1 unspecified atom stereocenters. The number of ether oxygens (including phenoxy) is 2. The van der Waals surface area contributed by atoms with Gasteiger partial charge in [0.05, 0.1) is 18.0 Å². The third-order valence-electron chi connectivity index (χ3n) is 4.59. The molecular formula is C21H21BrN2O5. The van der Waals surface area contributed by atoms with Crippen molar-refractivity contribution in [1.29, 1.82) is 0 Å². The number of amides is 2. The molecule has 1 N–H and O–H groups in total. The Balaban J connectivity index is 1.69. The smallest absolute Gasteiger partial charge is 0.308 e. The molecule has 1 heterocycles. The first kappa shape index (κ1) is 20.9. The number of piperazine rings is 1. The van der Waals surface area contributed by atoms with Crippen molar-refractivity contribution in [3.05, 3.63) is 64.1 Å². The molecule has 0 spiro atoms. The van der Waals surface area contributed by atoms with Gasteiger partial charge in [-0.1, -0.05) is 30.3 Å². The van der Waals surface area contributed by atoms with E-state index in [1.807, 2.05) is 30.3 Å². The molecule has 1 aliphatic rings. The molecule has 2 aromatic carbocycles. The molecule has 1 fully saturated rings. The monoisotopic (exact) mass is 460 g/mol. The van der Waals surface area contributed by atoms with Crippen molar-refractivity contribution >= 4 is 33.7 Å². The molecular weight excluding hydrogens is 440 g/mol. The highest BCUT2D eigenvalue weighted by Gasteiger charge is 2.35. The van der Waals surface area contributed by atoms with Crippen LogP contribution in [0.15, 0.2) is 53.0 Å². The van der Waals surface area contributed by atoms with Crippen LogP contribution in [-0.4, -0.2) is 48.9 Å². The quantitative estimate of drug-likeness (QED) is 0.669. The van der Waals surface area contributed by atoms with Crippen LogP contribution in [0, 0.1) is 0 Å². The molecule has 152 valence electrons.